The molecule has 0 fully saturated rings. The molecule has 7 rings (SSSR count). The van der Waals surface area contributed by atoms with Gasteiger partial charge in [0.1, 0.15) is 5.82 Å². The highest BCUT2D eigenvalue weighted by Gasteiger charge is 2.28. The fourth-order valence-electron chi connectivity index (χ4n) is 5.61. The lowest BCUT2D eigenvalue weighted by Gasteiger charge is -2.18. The minimum Gasteiger partial charge on any atom is -0.313 e. The van der Waals surface area contributed by atoms with Gasteiger partial charge in [0.05, 0.1) is 6.16 Å². The number of benzene rings is 6. The molecule has 0 aliphatic heterocycles. The van der Waals surface area contributed by atoms with E-state index in [1.54, 1.807) is 0 Å². The minimum atomic E-state index is -2.95. The third-order valence-corrected chi connectivity index (χ3v) is 10.7. The summed E-state index contributed by atoms with van der Waals surface area (Å²) < 4.78 is 14.5. The van der Waals surface area contributed by atoms with Crippen LogP contribution in [0.1, 0.15) is 5.82 Å². The van der Waals surface area contributed by atoms with Crippen LogP contribution in [0.15, 0.2) is 152 Å². The molecule has 0 spiro atoms. The van der Waals surface area contributed by atoms with Crippen molar-refractivity contribution in [3.8, 4) is 22.3 Å². The smallest absolute Gasteiger partial charge is 0.150 e. The zero-order valence-corrected chi connectivity index (χ0v) is 23.3. The summed E-state index contributed by atoms with van der Waals surface area (Å²) in [5, 5.41) is 6.59. The topological polar surface area (TPSA) is 42.9 Å². The van der Waals surface area contributed by atoms with Gasteiger partial charge in [-0.25, -0.2) is 9.97 Å². The molecule has 0 amide bonds. The Balaban J connectivity index is 1.24. The lowest BCUT2D eigenvalue weighted by atomic mass is 9.92. The van der Waals surface area contributed by atoms with Gasteiger partial charge >= 0.3 is 0 Å². The van der Waals surface area contributed by atoms with E-state index in [1.165, 1.54) is 27.1 Å². The second kappa shape index (κ2) is 10.6. The lowest BCUT2D eigenvalue weighted by molar-refractivity contribution is 0.585. The van der Waals surface area contributed by atoms with E-state index in [1.807, 2.05) is 73.1 Å². The van der Waals surface area contributed by atoms with Gasteiger partial charge in [0.2, 0.25) is 0 Å². The second-order valence-electron chi connectivity index (χ2n) is 10.2. The summed E-state index contributed by atoms with van der Waals surface area (Å²) in [5.74, 6) is 0.571. The highest BCUT2D eigenvalue weighted by molar-refractivity contribution is 7.78. The number of hydrogen-bond acceptors (Lipinski definition) is 3. The summed E-state index contributed by atoms with van der Waals surface area (Å²) >= 11 is 0. The standard InChI is InChI=1S/C37H27N2OP/c40-41(31-15-3-1-4-16-31,32-17-5-2-6-18-32)26-37-38-24-30(25-39-37)27-13-11-14-28(22-27)36-23-29-12-7-8-19-33(29)34-20-9-10-21-35(34)36/h1-25H,26H2. The SMILES string of the molecule is O=P(Cc1ncc(-c2cccc(-c3cc4ccccc4c4ccccc34)c2)cn1)(c1ccccc1)c1ccccc1. The number of fused-ring (bicyclic) bond motifs is 3. The van der Waals surface area contributed by atoms with Crippen molar-refractivity contribution in [3.05, 3.63) is 158 Å². The van der Waals surface area contributed by atoms with Gasteiger partial charge in [-0.1, -0.05) is 127 Å². The molecule has 4 heteroatoms. The van der Waals surface area contributed by atoms with Crippen LogP contribution in [-0.2, 0) is 10.7 Å². The van der Waals surface area contributed by atoms with Gasteiger partial charge in [-0.05, 0) is 50.4 Å². The maximum absolute atomic E-state index is 14.5. The lowest BCUT2D eigenvalue weighted by Crippen LogP contribution is -2.18. The van der Waals surface area contributed by atoms with Crippen LogP contribution in [0.2, 0.25) is 0 Å². The van der Waals surface area contributed by atoms with E-state index in [4.69, 9.17) is 9.97 Å². The van der Waals surface area contributed by atoms with E-state index in [0.717, 1.165) is 27.3 Å². The van der Waals surface area contributed by atoms with Crippen molar-refractivity contribution in [1.82, 2.24) is 9.97 Å². The first-order valence-electron chi connectivity index (χ1n) is 13.7. The summed E-state index contributed by atoms with van der Waals surface area (Å²) in [5.41, 5.74) is 4.31. The summed E-state index contributed by atoms with van der Waals surface area (Å²) in [6.45, 7) is 0. The fraction of sp³-hybridized carbons (Fsp3) is 0.0270. The Bertz CT molecular complexity index is 1990. The molecule has 0 radical (unpaired) electrons. The van der Waals surface area contributed by atoms with Crippen molar-refractivity contribution >= 4 is 39.3 Å². The first-order chi connectivity index (χ1) is 20.2. The molecule has 0 saturated carbocycles. The Morgan fingerprint density at radius 3 is 1.73 bits per heavy atom. The van der Waals surface area contributed by atoms with Gasteiger partial charge in [-0.15, -0.1) is 0 Å². The molecule has 7 aromatic rings. The zero-order chi connectivity index (χ0) is 27.6. The predicted octanol–water partition coefficient (Wildman–Crippen LogP) is 8.63. The summed E-state index contributed by atoms with van der Waals surface area (Å²) in [7, 11) is -2.95. The first-order valence-corrected chi connectivity index (χ1v) is 15.6. The molecule has 0 unspecified atom stereocenters. The van der Waals surface area contributed by atoms with Crippen molar-refractivity contribution in [2.24, 2.45) is 0 Å². The average molecular weight is 547 g/mol. The molecule has 0 aliphatic carbocycles. The van der Waals surface area contributed by atoms with Crippen molar-refractivity contribution in [2.45, 2.75) is 6.16 Å². The van der Waals surface area contributed by atoms with Crippen molar-refractivity contribution in [2.75, 3.05) is 0 Å². The van der Waals surface area contributed by atoms with E-state index < -0.39 is 7.14 Å². The number of nitrogens with zero attached hydrogens (tertiary/aromatic N) is 2. The fourth-order valence-corrected chi connectivity index (χ4v) is 8.15. The monoisotopic (exact) mass is 546 g/mol. The van der Waals surface area contributed by atoms with E-state index >= 15 is 0 Å². The first kappa shape index (κ1) is 25.1. The Morgan fingerprint density at radius 2 is 1.05 bits per heavy atom. The quantitative estimate of drug-likeness (QED) is 0.155. The van der Waals surface area contributed by atoms with Crippen LogP contribution in [0.25, 0.3) is 43.8 Å². The normalized spacial score (nSPS) is 11.6. The molecule has 1 heterocycles. The van der Waals surface area contributed by atoms with Gasteiger partial charge < -0.3 is 4.57 Å². The Hall–Kier alpha value is -4.85. The van der Waals surface area contributed by atoms with E-state index in [2.05, 4.69) is 78.9 Å². The summed E-state index contributed by atoms with van der Waals surface area (Å²) in [4.78, 5) is 9.40. The molecular weight excluding hydrogens is 519 g/mol. The Kier molecular flexibility index (Phi) is 6.51. The van der Waals surface area contributed by atoms with Gasteiger partial charge in [0.15, 0.2) is 7.14 Å². The summed E-state index contributed by atoms with van der Waals surface area (Å²) in [6, 6.07) is 47.3. The van der Waals surface area contributed by atoms with Crippen molar-refractivity contribution in [1.29, 1.82) is 0 Å². The van der Waals surface area contributed by atoms with E-state index in [9.17, 15) is 4.57 Å². The van der Waals surface area contributed by atoms with Gasteiger partial charge in [0.25, 0.3) is 0 Å². The highest BCUT2D eigenvalue weighted by atomic mass is 31.2. The maximum atomic E-state index is 14.5. The van der Waals surface area contributed by atoms with Crippen molar-refractivity contribution in [3.63, 3.8) is 0 Å². The average Bonchev–Trinajstić information content (AvgIpc) is 3.05. The Morgan fingerprint density at radius 1 is 0.488 bits per heavy atom. The number of rotatable bonds is 6. The largest absolute Gasteiger partial charge is 0.313 e. The molecule has 0 atom stereocenters. The van der Waals surface area contributed by atoms with Crippen LogP contribution in [0.3, 0.4) is 0 Å². The van der Waals surface area contributed by atoms with Crippen LogP contribution < -0.4 is 10.6 Å². The number of aromatic nitrogens is 2. The van der Waals surface area contributed by atoms with Crippen LogP contribution in [0.4, 0.5) is 0 Å². The minimum absolute atomic E-state index is 0.268. The van der Waals surface area contributed by atoms with Gasteiger partial charge in [0, 0.05) is 28.6 Å². The molecular formula is C37H27N2OP. The van der Waals surface area contributed by atoms with Gasteiger partial charge in [-0.3, -0.25) is 0 Å². The number of hydrogen-bond donors (Lipinski definition) is 0. The van der Waals surface area contributed by atoms with Gasteiger partial charge in [-0.2, -0.15) is 0 Å². The van der Waals surface area contributed by atoms with Crippen LogP contribution >= 0.6 is 7.14 Å². The molecule has 1 aromatic heterocycles. The zero-order valence-electron chi connectivity index (χ0n) is 22.4. The van der Waals surface area contributed by atoms with Crippen LogP contribution in [-0.4, -0.2) is 9.97 Å². The van der Waals surface area contributed by atoms with Crippen molar-refractivity contribution < 1.29 is 4.57 Å². The molecule has 3 nitrogen and oxygen atoms in total. The molecule has 0 aliphatic rings. The molecule has 0 bridgehead atoms. The molecule has 0 saturated heterocycles. The van der Waals surface area contributed by atoms with Crippen LogP contribution in [0, 0.1) is 0 Å². The Labute approximate surface area is 239 Å². The molecule has 41 heavy (non-hydrogen) atoms. The predicted molar refractivity (Wildman–Crippen MR) is 171 cm³/mol. The molecule has 6 aromatic carbocycles. The molecule has 0 N–H and O–H groups in total. The highest BCUT2D eigenvalue weighted by Crippen LogP contribution is 2.46. The van der Waals surface area contributed by atoms with E-state index in [-0.39, 0.29) is 6.16 Å². The van der Waals surface area contributed by atoms with E-state index in [0.29, 0.717) is 5.82 Å². The second-order valence-corrected chi connectivity index (χ2v) is 13.1. The summed E-state index contributed by atoms with van der Waals surface area (Å²) in [6.07, 6.45) is 3.96. The third kappa shape index (κ3) is 4.75. The molecule has 196 valence electrons. The van der Waals surface area contributed by atoms with Crippen LogP contribution in [0.5, 0.6) is 0 Å². The maximum Gasteiger partial charge on any atom is 0.150 e. The third-order valence-electron chi connectivity index (χ3n) is 7.69.